The van der Waals surface area contributed by atoms with Gasteiger partial charge in [0.15, 0.2) is 0 Å². The van der Waals surface area contributed by atoms with Crippen LogP contribution in [0.4, 0.5) is 4.39 Å². The average Bonchev–Trinajstić information content (AvgIpc) is 2.65. The van der Waals surface area contributed by atoms with Crippen LogP contribution in [-0.4, -0.2) is 5.11 Å². The first kappa shape index (κ1) is 17.9. The number of benzene rings is 1. The Morgan fingerprint density at radius 1 is 1.27 bits per heavy atom. The highest BCUT2D eigenvalue weighted by Gasteiger charge is 2.56. The Morgan fingerprint density at radius 2 is 1.82 bits per heavy atom. The van der Waals surface area contributed by atoms with E-state index in [1.807, 2.05) is 6.92 Å². The van der Waals surface area contributed by atoms with E-state index in [0.717, 1.165) is 41.3 Å². The highest BCUT2D eigenvalue weighted by atomic mass is 79.9. The first-order chi connectivity index (χ1) is 10.2. The van der Waals surface area contributed by atoms with Gasteiger partial charge in [0.05, 0.1) is 5.60 Å². The van der Waals surface area contributed by atoms with E-state index in [0.29, 0.717) is 12.0 Å². The third kappa shape index (κ3) is 2.54. The van der Waals surface area contributed by atoms with E-state index < -0.39 is 5.60 Å². The molecule has 1 N–H and O–H groups in total. The molecule has 0 amide bonds. The maximum absolute atomic E-state index is 14.5. The van der Waals surface area contributed by atoms with Crippen molar-refractivity contribution in [3.63, 3.8) is 0 Å². The first-order valence-electron chi connectivity index (χ1n) is 8.41. The molecule has 0 fully saturated rings. The Hall–Kier alpha value is -0.410. The third-order valence-corrected chi connectivity index (χ3v) is 6.30. The highest BCUT2D eigenvalue weighted by Crippen LogP contribution is 2.58. The maximum atomic E-state index is 14.5. The highest BCUT2D eigenvalue weighted by molar-refractivity contribution is 9.10. The first-order valence-corrected chi connectivity index (χ1v) is 9.20. The SMILES string of the molecule is CCCC(CCC)C1(O)c2c(C)c(Br)cc(F)c2CC1(C)C. The Balaban J connectivity index is 2.70. The normalized spacial score (nSPS) is 23.1. The van der Waals surface area contributed by atoms with Crippen LogP contribution in [0.25, 0.3) is 0 Å². The Morgan fingerprint density at radius 3 is 2.32 bits per heavy atom. The monoisotopic (exact) mass is 370 g/mol. The molecule has 0 saturated carbocycles. The van der Waals surface area contributed by atoms with Crippen LogP contribution in [0.2, 0.25) is 0 Å². The standard InChI is InChI=1S/C19H28BrFO/c1-6-8-13(9-7-2)19(22)17-12(3)15(20)10-16(21)14(17)11-18(19,4)5/h10,13,22H,6-9,11H2,1-5H3. The summed E-state index contributed by atoms with van der Waals surface area (Å²) in [4.78, 5) is 0. The van der Waals surface area contributed by atoms with Gasteiger partial charge in [-0.3, -0.25) is 0 Å². The summed E-state index contributed by atoms with van der Waals surface area (Å²) < 4.78 is 15.3. The summed E-state index contributed by atoms with van der Waals surface area (Å²) in [6.07, 6.45) is 4.62. The summed E-state index contributed by atoms with van der Waals surface area (Å²) in [5.74, 6) is -0.0191. The van der Waals surface area contributed by atoms with Crippen LogP contribution in [-0.2, 0) is 12.0 Å². The van der Waals surface area contributed by atoms with E-state index in [4.69, 9.17) is 0 Å². The van der Waals surface area contributed by atoms with Gasteiger partial charge in [0, 0.05) is 9.89 Å². The minimum Gasteiger partial charge on any atom is -0.384 e. The number of fused-ring (bicyclic) bond motifs is 1. The van der Waals surface area contributed by atoms with Crippen molar-refractivity contribution in [2.24, 2.45) is 11.3 Å². The fourth-order valence-electron chi connectivity index (χ4n) is 4.39. The molecule has 1 aromatic carbocycles. The summed E-state index contributed by atoms with van der Waals surface area (Å²) in [5.41, 5.74) is 1.24. The molecule has 0 aromatic heterocycles. The second-order valence-electron chi connectivity index (χ2n) is 7.42. The van der Waals surface area contributed by atoms with Gasteiger partial charge in [0.25, 0.3) is 0 Å². The number of hydrogen-bond acceptors (Lipinski definition) is 1. The van der Waals surface area contributed by atoms with Crippen molar-refractivity contribution in [1.82, 2.24) is 0 Å². The Bertz CT molecular complexity index is 561. The molecule has 0 saturated heterocycles. The van der Waals surface area contributed by atoms with Gasteiger partial charge in [-0.25, -0.2) is 4.39 Å². The zero-order valence-corrected chi connectivity index (χ0v) is 16.0. The van der Waals surface area contributed by atoms with Crippen molar-refractivity contribution in [2.45, 2.75) is 72.3 Å². The van der Waals surface area contributed by atoms with E-state index in [-0.39, 0.29) is 17.2 Å². The van der Waals surface area contributed by atoms with Crippen LogP contribution in [0.15, 0.2) is 10.5 Å². The van der Waals surface area contributed by atoms with Crippen molar-refractivity contribution in [3.05, 3.63) is 33.0 Å². The van der Waals surface area contributed by atoms with Crippen molar-refractivity contribution >= 4 is 15.9 Å². The summed E-state index contributed by atoms with van der Waals surface area (Å²) in [6.45, 7) is 10.5. The molecule has 1 aromatic rings. The molecule has 3 heteroatoms. The molecule has 0 spiro atoms. The van der Waals surface area contributed by atoms with Crippen molar-refractivity contribution in [2.75, 3.05) is 0 Å². The maximum Gasteiger partial charge on any atom is 0.127 e. The van der Waals surface area contributed by atoms with Crippen LogP contribution in [0.3, 0.4) is 0 Å². The molecule has 124 valence electrons. The van der Waals surface area contributed by atoms with Gasteiger partial charge in [-0.05, 0) is 54.9 Å². The van der Waals surface area contributed by atoms with Gasteiger partial charge in [-0.1, -0.05) is 56.5 Å². The smallest absolute Gasteiger partial charge is 0.127 e. The summed E-state index contributed by atoms with van der Waals surface area (Å²) in [7, 11) is 0. The molecule has 2 rings (SSSR count). The van der Waals surface area contributed by atoms with E-state index in [9.17, 15) is 9.50 Å². The lowest BCUT2D eigenvalue weighted by atomic mass is 9.65. The molecule has 1 aliphatic carbocycles. The number of hydrogen-bond donors (Lipinski definition) is 1. The van der Waals surface area contributed by atoms with Crippen molar-refractivity contribution in [1.29, 1.82) is 0 Å². The predicted octanol–water partition coefficient (Wildman–Crippen LogP) is 5.88. The summed E-state index contributed by atoms with van der Waals surface area (Å²) >= 11 is 3.46. The molecule has 0 radical (unpaired) electrons. The zero-order valence-electron chi connectivity index (χ0n) is 14.4. The molecule has 1 atom stereocenters. The molecule has 0 heterocycles. The van der Waals surface area contributed by atoms with Crippen LogP contribution >= 0.6 is 15.9 Å². The van der Waals surface area contributed by atoms with Gasteiger partial charge >= 0.3 is 0 Å². The molecule has 0 bridgehead atoms. The number of halogens is 2. The van der Waals surface area contributed by atoms with E-state index >= 15 is 0 Å². The molecule has 0 aliphatic heterocycles. The van der Waals surface area contributed by atoms with Crippen LogP contribution in [0, 0.1) is 24.1 Å². The Labute approximate surface area is 142 Å². The van der Waals surface area contributed by atoms with E-state index in [2.05, 4.69) is 43.6 Å². The lowest BCUT2D eigenvalue weighted by Crippen LogP contribution is -2.45. The van der Waals surface area contributed by atoms with Gasteiger partial charge < -0.3 is 5.11 Å². The largest absolute Gasteiger partial charge is 0.384 e. The average molecular weight is 371 g/mol. The van der Waals surface area contributed by atoms with Gasteiger partial charge in [-0.15, -0.1) is 0 Å². The Kier molecular flexibility index (Phi) is 5.09. The van der Waals surface area contributed by atoms with Crippen molar-refractivity contribution in [3.8, 4) is 0 Å². The lowest BCUT2D eigenvalue weighted by Gasteiger charge is -2.44. The van der Waals surface area contributed by atoms with Gasteiger partial charge in [0.1, 0.15) is 5.82 Å². The van der Waals surface area contributed by atoms with Crippen molar-refractivity contribution < 1.29 is 9.50 Å². The van der Waals surface area contributed by atoms with Crippen LogP contribution in [0.5, 0.6) is 0 Å². The molecule has 22 heavy (non-hydrogen) atoms. The predicted molar refractivity (Wildman–Crippen MR) is 93.5 cm³/mol. The number of rotatable bonds is 5. The second-order valence-corrected chi connectivity index (χ2v) is 8.27. The van der Waals surface area contributed by atoms with Crippen LogP contribution < -0.4 is 0 Å². The van der Waals surface area contributed by atoms with E-state index in [1.54, 1.807) is 6.07 Å². The summed E-state index contributed by atoms with van der Waals surface area (Å²) in [5, 5.41) is 11.8. The topological polar surface area (TPSA) is 20.2 Å². The summed E-state index contributed by atoms with van der Waals surface area (Å²) in [6, 6.07) is 1.55. The zero-order chi connectivity index (χ0) is 16.7. The second kappa shape index (κ2) is 6.24. The molecular weight excluding hydrogens is 343 g/mol. The van der Waals surface area contributed by atoms with Gasteiger partial charge in [0.2, 0.25) is 0 Å². The quantitative estimate of drug-likeness (QED) is 0.685. The minimum absolute atomic E-state index is 0.172. The molecule has 1 nitrogen and oxygen atoms in total. The fraction of sp³-hybridized carbons (Fsp3) is 0.684. The van der Waals surface area contributed by atoms with Crippen LogP contribution in [0.1, 0.15) is 70.1 Å². The third-order valence-electron chi connectivity index (χ3n) is 5.47. The molecule has 1 unspecified atom stereocenters. The van der Waals surface area contributed by atoms with E-state index in [1.165, 1.54) is 0 Å². The molecular formula is C19H28BrFO. The molecule has 1 aliphatic rings. The number of aliphatic hydroxyl groups is 1. The lowest BCUT2D eigenvalue weighted by molar-refractivity contribution is -0.113. The fourth-order valence-corrected chi connectivity index (χ4v) is 4.79. The minimum atomic E-state index is -0.955. The van der Waals surface area contributed by atoms with Gasteiger partial charge in [-0.2, -0.15) is 0 Å².